The van der Waals surface area contributed by atoms with Crippen LogP contribution in [0, 0.1) is 0 Å². The summed E-state index contributed by atoms with van der Waals surface area (Å²) in [5, 5.41) is 15.5. The number of rotatable bonds is 13. The standard InChI is InChI=1S/C38H41N7O8/c1-5-26-27-18-25(53-22-45(37(49)51-17-9-16-40-42-39)24-12-10-23(11-13-24)34(46)43(7-3)8-4)14-15-31(27)41-33-28(26)20-44-32(33)19-30-29(35(44)47)21-52-36(48)38(30,50)6-2/h10-15,18-19,50H,5-9,16-17,20-22H2,1-4H3/t38-/m1/s1. The number of anilines is 1. The second kappa shape index (κ2) is 15.4. The molecule has 0 saturated carbocycles. The molecular weight excluding hydrogens is 682 g/mol. The molecular formula is C38H41N7O8. The zero-order valence-corrected chi connectivity index (χ0v) is 30.1. The van der Waals surface area contributed by atoms with Gasteiger partial charge in [-0.25, -0.2) is 19.5 Å². The molecule has 2 amide bonds. The zero-order chi connectivity index (χ0) is 37.9. The number of hydrogen-bond acceptors (Lipinski definition) is 10. The van der Waals surface area contributed by atoms with E-state index < -0.39 is 17.7 Å². The monoisotopic (exact) mass is 723 g/mol. The molecule has 1 N–H and O–H groups in total. The molecule has 2 aromatic carbocycles. The molecule has 0 bridgehead atoms. The van der Waals surface area contributed by atoms with E-state index in [0.717, 1.165) is 16.5 Å². The Labute approximate surface area is 305 Å². The molecule has 4 heterocycles. The summed E-state index contributed by atoms with van der Waals surface area (Å²) in [5.41, 5.74) is 11.3. The Bertz CT molecular complexity index is 2190. The number of cyclic esters (lactones) is 1. The molecule has 15 nitrogen and oxygen atoms in total. The lowest BCUT2D eigenvalue weighted by Gasteiger charge is -2.31. The zero-order valence-electron chi connectivity index (χ0n) is 30.1. The van der Waals surface area contributed by atoms with Crippen LogP contribution in [0.2, 0.25) is 0 Å². The number of carbonyl (C=O) groups excluding carboxylic acids is 3. The first-order chi connectivity index (χ1) is 25.6. The predicted octanol–water partition coefficient (Wildman–Crippen LogP) is 5.80. The van der Waals surface area contributed by atoms with Crippen molar-refractivity contribution < 1.29 is 33.7 Å². The van der Waals surface area contributed by atoms with Gasteiger partial charge in [-0.3, -0.25) is 9.59 Å². The molecule has 0 aliphatic carbocycles. The average molecular weight is 724 g/mol. The molecule has 0 saturated heterocycles. The van der Waals surface area contributed by atoms with E-state index in [1.54, 1.807) is 58.9 Å². The van der Waals surface area contributed by atoms with Crippen molar-refractivity contribution in [2.24, 2.45) is 5.11 Å². The Morgan fingerprint density at radius 2 is 1.83 bits per heavy atom. The lowest BCUT2D eigenvalue weighted by molar-refractivity contribution is -0.172. The van der Waals surface area contributed by atoms with Crippen LogP contribution in [0.5, 0.6) is 5.75 Å². The highest BCUT2D eigenvalue weighted by Crippen LogP contribution is 2.41. The summed E-state index contributed by atoms with van der Waals surface area (Å²) in [4.78, 5) is 63.2. The van der Waals surface area contributed by atoms with Gasteiger partial charge in [-0.05, 0) is 92.7 Å². The summed E-state index contributed by atoms with van der Waals surface area (Å²) >= 11 is 0. The number of ether oxygens (including phenoxy) is 3. The number of pyridine rings is 2. The van der Waals surface area contributed by atoms with Crippen LogP contribution < -0.4 is 15.2 Å². The van der Waals surface area contributed by atoms with Gasteiger partial charge in [-0.2, -0.15) is 0 Å². The molecule has 2 aliphatic heterocycles. The summed E-state index contributed by atoms with van der Waals surface area (Å²) in [5.74, 6) is -0.440. The number of benzene rings is 2. The third-order valence-electron chi connectivity index (χ3n) is 9.88. The normalized spacial score (nSPS) is 15.5. The Morgan fingerprint density at radius 1 is 1.08 bits per heavy atom. The summed E-state index contributed by atoms with van der Waals surface area (Å²) in [7, 11) is 0. The number of azide groups is 1. The molecule has 53 heavy (non-hydrogen) atoms. The highest BCUT2D eigenvalue weighted by Gasteiger charge is 2.45. The molecule has 0 unspecified atom stereocenters. The molecule has 6 rings (SSSR count). The van der Waals surface area contributed by atoms with Crippen LogP contribution in [0.15, 0.2) is 58.4 Å². The van der Waals surface area contributed by atoms with Crippen molar-refractivity contribution in [1.29, 1.82) is 0 Å². The van der Waals surface area contributed by atoms with Gasteiger partial charge < -0.3 is 28.8 Å². The third kappa shape index (κ3) is 6.76. The van der Waals surface area contributed by atoms with Gasteiger partial charge in [0.05, 0.1) is 41.3 Å². The molecule has 4 aromatic rings. The van der Waals surface area contributed by atoms with E-state index >= 15 is 0 Å². The average Bonchev–Trinajstić information content (AvgIpc) is 3.54. The third-order valence-corrected chi connectivity index (χ3v) is 9.88. The van der Waals surface area contributed by atoms with Crippen LogP contribution in [0.25, 0.3) is 32.7 Å². The fourth-order valence-electron chi connectivity index (χ4n) is 6.90. The van der Waals surface area contributed by atoms with E-state index in [-0.39, 0.29) is 62.0 Å². The number of hydrogen-bond donors (Lipinski definition) is 1. The van der Waals surface area contributed by atoms with Crippen molar-refractivity contribution >= 4 is 34.6 Å². The minimum absolute atomic E-state index is 0.0228. The van der Waals surface area contributed by atoms with E-state index in [4.69, 9.17) is 24.7 Å². The maximum Gasteiger partial charge on any atom is 0.417 e. The Morgan fingerprint density at radius 3 is 2.51 bits per heavy atom. The van der Waals surface area contributed by atoms with Crippen LogP contribution in [0.4, 0.5) is 10.5 Å². The van der Waals surface area contributed by atoms with Crippen molar-refractivity contribution in [3.8, 4) is 17.1 Å². The second-order valence-corrected chi connectivity index (χ2v) is 12.7. The maximum atomic E-state index is 13.7. The number of carbonyl (C=O) groups is 3. The van der Waals surface area contributed by atoms with E-state index in [1.165, 1.54) is 4.90 Å². The second-order valence-electron chi connectivity index (χ2n) is 12.7. The SMILES string of the molecule is CCc1c2c(nc3ccc(OCN(C(=O)OCCCN=[N+]=[N-])c4ccc(C(=O)N(CC)CC)cc4)cc13)-c1cc3c(c(=O)n1C2)COC(=O)[C@@]3(O)CC. The van der Waals surface area contributed by atoms with Crippen molar-refractivity contribution in [2.75, 3.05) is 37.9 Å². The van der Waals surface area contributed by atoms with Crippen LogP contribution in [-0.2, 0) is 39.4 Å². The highest BCUT2D eigenvalue weighted by atomic mass is 16.6. The number of esters is 1. The Balaban J connectivity index is 1.30. The van der Waals surface area contributed by atoms with Gasteiger partial charge in [0, 0.05) is 46.6 Å². The largest absolute Gasteiger partial charge is 0.473 e. The molecule has 1 atom stereocenters. The van der Waals surface area contributed by atoms with E-state index in [1.807, 2.05) is 26.8 Å². The fraction of sp³-hybridized carbons (Fsp3) is 0.395. The molecule has 0 spiro atoms. The van der Waals surface area contributed by atoms with E-state index in [2.05, 4.69) is 10.0 Å². The molecule has 0 radical (unpaired) electrons. The first kappa shape index (κ1) is 36.9. The quantitative estimate of drug-likeness (QED) is 0.0391. The number of amides is 2. The Hall–Kier alpha value is -5.92. The lowest BCUT2D eigenvalue weighted by atomic mass is 9.86. The van der Waals surface area contributed by atoms with Crippen molar-refractivity contribution in [3.05, 3.63) is 97.1 Å². The number of aliphatic hydroxyl groups is 1. The van der Waals surface area contributed by atoms with Crippen molar-refractivity contribution in [1.82, 2.24) is 14.5 Å². The number of aryl methyl sites for hydroxylation is 1. The summed E-state index contributed by atoms with van der Waals surface area (Å²) in [6.07, 6.45) is 0.321. The molecule has 15 heteroatoms. The van der Waals surface area contributed by atoms with Crippen LogP contribution in [0.3, 0.4) is 0 Å². The van der Waals surface area contributed by atoms with Gasteiger partial charge >= 0.3 is 12.1 Å². The summed E-state index contributed by atoms with van der Waals surface area (Å²) < 4.78 is 18.5. The highest BCUT2D eigenvalue weighted by molar-refractivity contribution is 5.95. The molecule has 0 fully saturated rings. The first-order valence-electron chi connectivity index (χ1n) is 17.7. The fourth-order valence-corrected chi connectivity index (χ4v) is 6.90. The van der Waals surface area contributed by atoms with Gasteiger partial charge in [-0.1, -0.05) is 19.0 Å². The predicted molar refractivity (Wildman–Crippen MR) is 196 cm³/mol. The van der Waals surface area contributed by atoms with Gasteiger partial charge in [0.15, 0.2) is 12.3 Å². The van der Waals surface area contributed by atoms with Gasteiger partial charge in [0.1, 0.15) is 12.4 Å². The van der Waals surface area contributed by atoms with Crippen LogP contribution in [0.1, 0.15) is 73.1 Å². The smallest absolute Gasteiger partial charge is 0.417 e. The van der Waals surface area contributed by atoms with Gasteiger partial charge in [0.2, 0.25) is 0 Å². The number of fused-ring (bicyclic) bond motifs is 5. The van der Waals surface area contributed by atoms with E-state index in [0.29, 0.717) is 59.8 Å². The minimum atomic E-state index is -1.92. The lowest BCUT2D eigenvalue weighted by Crippen LogP contribution is -2.44. The number of nitrogens with zero attached hydrogens (tertiary/aromatic N) is 7. The number of aromatic nitrogens is 2. The van der Waals surface area contributed by atoms with Crippen molar-refractivity contribution in [2.45, 2.75) is 65.7 Å². The topological polar surface area (TPSA) is 189 Å². The van der Waals surface area contributed by atoms with Gasteiger partial charge in [0.25, 0.3) is 11.5 Å². The van der Waals surface area contributed by atoms with Crippen molar-refractivity contribution in [3.63, 3.8) is 0 Å². The van der Waals surface area contributed by atoms with Gasteiger partial charge in [-0.15, -0.1) is 0 Å². The molecule has 2 aromatic heterocycles. The summed E-state index contributed by atoms with van der Waals surface area (Å²) in [6.45, 7) is 8.65. The molecule has 276 valence electrons. The minimum Gasteiger partial charge on any atom is -0.473 e. The van der Waals surface area contributed by atoms with E-state index in [9.17, 15) is 24.3 Å². The Kier molecular flexibility index (Phi) is 10.7. The van der Waals surface area contributed by atoms with Crippen LogP contribution >= 0.6 is 0 Å². The summed E-state index contributed by atoms with van der Waals surface area (Å²) in [6, 6.07) is 13.7. The molecule has 2 aliphatic rings. The first-order valence-corrected chi connectivity index (χ1v) is 17.7. The van der Waals surface area contributed by atoms with Crippen LogP contribution in [-0.4, -0.2) is 70.5 Å². The maximum absolute atomic E-state index is 13.7.